The largest absolute Gasteiger partial charge is 0.480 e. The van der Waals surface area contributed by atoms with E-state index >= 15 is 0 Å². The summed E-state index contributed by atoms with van der Waals surface area (Å²) in [5, 5.41) is 13.6. The summed E-state index contributed by atoms with van der Waals surface area (Å²) < 4.78 is 0. The first-order valence-corrected chi connectivity index (χ1v) is 12.6. The van der Waals surface area contributed by atoms with Crippen LogP contribution in [0.3, 0.4) is 0 Å². The molecule has 1 aromatic carbocycles. The zero-order chi connectivity index (χ0) is 28.8. The Morgan fingerprint density at radius 2 is 1.13 bits per heavy atom. The van der Waals surface area contributed by atoms with Gasteiger partial charge in [-0.1, -0.05) is 30.3 Å². The molecule has 0 bridgehead atoms. The molecule has 216 valence electrons. The molecule has 1 heterocycles. The van der Waals surface area contributed by atoms with Crippen LogP contribution in [0.1, 0.15) is 26.3 Å². The van der Waals surface area contributed by atoms with Crippen LogP contribution in [0.2, 0.25) is 0 Å². The van der Waals surface area contributed by atoms with Gasteiger partial charge in [-0.25, -0.2) is 0 Å². The van der Waals surface area contributed by atoms with E-state index in [9.17, 15) is 29.1 Å². The van der Waals surface area contributed by atoms with E-state index < -0.39 is 36.3 Å². The lowest BCUT2D eigenvalue weighted by Crippen LogP contribution is -2.49. The second kappa shape index (κ2) is 16.4. The maximum atomic E-state index is 13.3. The lowest BCUT2D eigenvalue weighted by Gasteiger charge is -2.32. The second-order valence-electron chi connectivity index (χ2n) is 8.94. The van der Waals surface area contributed by atoms with Crippen molar-refractivity contribution < 1.29 is 43.6 Å². The van der Waals surface area contributed by atoms with Crippen molar-refractivity contribution in [2.45, 2.75) is 27.3 Å². The number of carbonyl (C=O) groups excluding carboxylic acids is 4. The van der Waals surface area contributed by atoms with Gasteiger partial charge in [0, 0.05) is 53.5 Å². The normalized spacial score (nSPS) is 16.8. The third kappa shape index (κ3) is 13.2. The molecule has 0 unspecified atom stereocenters. The van der Waals surface area contributed by atoms with E-state index in [1.165, 1.54) is 40.9 Å². The van der Waals surface area contributed by atoms with Crippen LogP contribution in [0.5, 0.6) is 0 Å². The molecule has 1 N–H and O–H groups in total. The van der Waals surface area contributed by atoms with Gasteiger partial charge in [0.15, 0.2) is 0 Å². The van der Waals surface area contributed by atoms with Crippen molar-refractivity contribution >= 4 is 29.8 Å². The number of carboxylic acid groups (broad SMARTS) is 1. The van der Waals surface area contributed by atoms with E-state index in [0.717, 1.165) is 5.56 Å². The molecule has 0 aliphatic carbocycles. The van der Waals surface area contributed by atoms with Crippen LogP contribution in [-0.2, 0) is 45.0 Å². The number of nitrogens with zero attached hydrogens (tertiary/aromatic N) is 5. The van der Waals surface area contributed by atoms with Gasteiger partial charge in [0.05, 0.1) is 32.7 Å². The van der Waals surface area contributed by atoms with E-state index in [4.69, 9.17) is 14.5 Å². The molecule has 1 aliphatic heterocycles. The number of rotatable bonds is 9. The fourth-order valence-electron chi connectivity index (χ4n) is 3.87. The minimum absolute atomic E-state index is 0.110. The average Bonchev–Trinajstić information content (AvgIpc) is 2.84. The topological polar surface area (TPSA) is 149 Å². The predicted octanol–water partition coefficient (Wildman–Crippen LogP) is -0.244. The van der Waals surface area contributed by atoms with Crippen LogP contribution in [-0.4, -0.2) is 125 Å². The van der Waals surface area contributed by atoms with Crippen molar-refractivity contribution in [1.29, 1.82) is 0 Å². The molecule has 0 saturated carbocycles. The average molecular weight is 552 g/mol. The Morgan fingerprint density at radius 3 is 1.51 bits per heavy atom. The van der Waals surface area contributed by atoms with Crippen LogP contribution < -0.4 is 0 Å². The molecule has 1 fully saturated rings. The van der Waals surface area contributed by atoms with Crippen molar-refractivity contribution in [2.75, 3.05) is 65.4 Å². The van der Waals surface area contributed by atoms with Gasteiger partial charge in [-0.3, -0.25) is 28.9 Å². The predicted molar refractivity (Wildman–Crippen MR) is 136 cm³/mol. The number of carboxylic acids is 1. The minimum atomic E-state index is -1.13. The SMILES string of the molecule is CC(=O)ON1CCN(CC(=O)N(CC(=O)O)Cc2ccccc2)CCN(OC(C)=O)CCN(OC(C)=O)CC1. The van der Waals surface area contributed by atoms with Gasteiger partial charge in [-0.05, 0) is 5.56 Å². The smallest absolute Gasteiger partial charge is 0.323 e. The molecule has 2 rings (SSSR count). The van der Waals surface area contributed by atoms with Crippen molar-refractivity contribution in [1.82, 2.24) is 25.0 Å². The molecule has 0 atom stereocenters. The van der Waals surface area contributed by atoms with Crippen molar-refractivity contribution in [2.24, 2.45) is 0 Å². The second-order valence-corrected chi connectivity index (χ2v) is 8.94. The van der Waals surface area contributed by atoms with Gasteiger partial charge in [-0.2, -0.15) is 0 Å². The molecule has 0 spiro atoms. The first kappa shape index (κ1) is 31.6. The molecule has 0 radical (unpaired) electrons. The Bertz CT molecular complexity index is 946. The molecule has 1 saturated heterocycles. The zero-order valence-corrected chi connectivity index (χ0v) is 22.6. The summed E-state index contributed by atoms with van der Waals surface area (Å²) in [6.07, 6.45) is 0. The third-order valence-electron chi connectivity index (χ3n) is 5.56. The van der Waals surface area contributed by atoms with Gasteiger partial charge in [0.2, 0.25) is 5.91 Å². The molecule has 1 aromatic rings. The first-order valence-electron chi connectivity index (χ1n) is 12.6. The van der Waals surface area contributed by atoms with E-state index in [0.29, 0.717) is 0 Å². The quantitative estimate of drug-likeness (QED) is 0.430. The summed E-state index contributed by atoms with van der Waals surface area (Å²) in [4.78, 5) is 78.5. The molecular weight excluding hydrogens is 514 g/mol. The number of carbonyl (C=O) groups is 5. The highest BCUT2D eigenvalue weighted by Gasteiger charge is 2.24. The minimum Gasteiger partial charge on any atom is -0.480 e. The Labute approximate surface area is 227 Å². The van der Waals surface area contributed by atoms with Gasteiger partial charge >= 0.3 is 23.9 Å². The fourth-order valence-corrected chi connectivity index (χ4v) is 3.87. The Kier molecular flexibility index (Phi) is 13.3. The summed E-state index contributed by atoms with van der Waals surface area (Å²) in [6, 6.07) is 9.07. The summed E-state index contributed by atoms with van der Waals surface area (Å²) in [7, 11) is 0. The molecule has 1 aliphatic rings. The van der Waals surface area contributed by atoms with Crippen LogP contribution in [0, 0.1) is 0 Å². The first-order chi connectivity index (χ1) is 18.5. The van der Waals surface area contributed by atoms with E-state index in [1.54, 1.807) is 4.90 Å². The van der Waals surface area contributed by atoms with E-state index in [2.05, 4.69) is 0 Å². The standard InChI is InChI=1S/C25H37N5O9/c1-20(31)37-28-11-9-26(18-24(34)27(19-25(35)36)17-23-7-5-4-6-8-23)10-12-29(38-21(2)32)14-16-30(15-13-28)39-22(3)33/h4-8H,9-19H2,1-3H3,(H,35,36). The Hall–Kier alpha value is -3.59. The van der Waals surface area contributed by atoms with Crippen molar-refractivity contribution in [3.05, 3.63) is 35.9 Å². The lowest BCUT2D eigenvalue weighted by atomic mass is 10.2. The van der Waals surface area contributed by atoms with Gasteiger partial charge < -0.3 is 24.5 Å². The summed E-state index contributed by atoms with van der Waals surface area (Å²) >= 11 is 0. The fraction of sp³-hybridized carbons (Fsp3) is 0.560. The molecule has 1 amide bonds. The molecular formula is C25H37N5O9. The third-order valence-corrected chi connectivity index (χ3v) is 5.56. The van der Waals surface area contributed by atoms with Crippen molar-refractivity contribution in [3.8, 4) is 0 Å². The molecule has 14 nitrogen and oxygen atoms in total. The zero-order valence-electron chi connectivity index (χ0n) is 22.6. The summed E-state index contributed by atoms with van der Waals surface area (Å²) in [6.45, 7) is 5.12. The highest BCUT2D eigenvalue weighted by Crippen LogP contribution is 2.08. The number of hydroxylamine groups is 6. The summed E-state index contributed by atoms with van der Waals surface area (Å²) in [5.41, 5.74) is 0.792. The summed E-state index contributed by atoms with van der Waals surface area (Å²) in [5.74, 6) is -3.10. The highest BCUT2D eigenvalue weighted by molar-refractivity contribution is 5.82. The number of aliphatic carboxylic acids is 1. The van der Waals surface area contributed by atoms with Crippen LogP contribution in [0.4, 0.5) is 0 Å². The van der Waals surface area contributed by atoms with E-state index in [-0.39, 0.29) is 65.4 Å². The number of amides is 1. The maximum Gasteiger partial charge on any atom is 0.323 e. The van der Waals surface area contributed by atoms with Gasteiger partial charge in [-0.15, -0.1) is 15.2 Å². The van der Waals surface area contributed by atoms with Crippen LogP contribution >= 0.6 is 0 Å². The number of hydrogen-bond acceptors (Lipinski definition) is 12. The monoisotopic (exact) mass is 551 g/mol. The lowest BCUT2D eigenvalue weighted by molar-refractivity contribution is -0.217. The van der Waals surface area contributed by atoms with Gasteiger partial charge in [0.1, 0.15) is 6.54 Å². The van der Waals surface area contributed by atoms with Crippen molar-refractivity contribution in [3.63, 3.8) is 0 Å². The number of benzene rings is 1. The Balaban J connectivity index is 2.20. The number of hydrogen-bond donors (Lipinski definition) is 1. The molecule has 14 heteroatoms. The van der Waals surface area contributed by atoms with E-state index in [1.807, 2.05) is 30.3 Å². The van der Waals surface area contributed by atoms with Crippen LogP contribution in [0.15, 0.2) is 30.3 Å². The van der Waals surface area contributed by atoms with Gasteiger partial charge in [0.25, 0.3) is 0 Å². The van der Waals surface area contributed by atoms with Crippen LogP contribution in [0.25, 0.3) is 0 Å². The molecule has 39 heavy (non-hydrogen) atoms. The Morgan fingerprint density at radius 1 is 0.718 bits per heavy atom. The maximum absolute atomic E-state index is 13.3. The molecule has 0 aromatic heterocycles. The highest BCUT2D eigenvalue weighted by atomic mass is 16.7.